The van der Waals surface area contributed by atoms with Gasteiger partial charge in [-0.05, 0) is 35.9 Å². The Bertz CT molecular complexity index is 714. The van der Waals surface area contributed by atoms with Crippen LogP contribution in [-0.4, -0.2) is 31.6 Å². The lowest BCUT2D eigenvalue weighted by molar-refractivity contribution is -0.144. The molecule has 0 atom stereocenters. The van der Waals surface area contributed by atoms with E-state index in [0.29, 0.717) is 5.75 Å². The Labute approximate surface area is 154 Å². The molecular weight excluding hydrogens is 386 g/mol. The Kier molecular flexibility index (Phi) is 7.72. The van der Waals surface area contributed by atoms with Gasteiger partial charge < -0.3 is 14.8 Å². The van der Waals surface area contributed by atoms with Gasteiger partial charge in [0.25, 0.3) is 0 Å². The van der Waals surface area contributed by atoms with Crippen LogP contribution in [0.3, 0.4) is 0 Å². The van der Waals surface area contributed by atoms with Gasteiger partial charge in [0.05, 0.1) is 0 Å². The highest BCUT2D eigenvalue weighted by molar-refractivity contribution is 9.10. The molecule has 0 aliphatic heterocycles. The molecule has 0 bridgehead atoms. The van der Waals surface area contributed by atoms with Gasteiger partial charge >= 0.3 is 5.97 Å². The lowest BCUT2D eigenvalue weighted by atomic mass is 10.2. The van der Waals surface area contributed by atoms with E-state index in [1.54, 1.807) is 6.08 Å². The molecule has 0 spiro atoms. The molecular formula is C19H18BrNO4. The average molecular weight is 404 g/mol. The molecule has 6 heteroatoms. The molecule has 2 rings (SSSR count). The van der Waals surface area contributed by atoms with E-state index in [1.165, 1.54) is 6.08 Å². The van der Waals surface area contributed by atoms with Gasteiger partial charge in [-0.25, -0.2) is 0 Å². The molecule has 0 saturated carbocycles. The summed E-state index contributed by atoms with van der Waals surface area (Å²) in [4.78, 5) is 23.2. The fraction of sp³-hybridized carbons (Fsp3) is 0.158. The van der Waals surface area contributed by atoms with Crippen LogP contribution in [-0.2, 0) is 14.3 Å². The van der Waals surface area contributed by atoms with Gasteiger partial charge in [-0.1, -0.05) is 46.3 Å². The maximum atomic E-state index is 11.6. The van der Waals surface area contributed by atoms with Crippen LogP contribution in [0.4, 0.5) is 0 Å². The number of carbonyl (C=O) groups excluding carboxylic acids is 2. The summed E-state index contributed by atoms with van der Waals surface area (Å²) in [6.45, 7) is 0.177. The fourth-order valence-corrected chi connectivity index (χ4v) is 2.12. The minimum atomic E-state index is -0.513. The third-order valence-corrected chi connectivity index (χ3v) is 3.59. The zero-order valence-corrected chi connectivity index (χ0v) is 15.1. The van der Waals surface area contributed by atoms with Crippen molar-refractivity contribution < 1.29 is 19.1 Å². The second-order valence-corrected chi connectivity index (χ2v) is 5.90. The van der Waals surface area contributed by atoms with Crippen LogP contribution >= 0.6 is 15.9 Å². The molecule has 1 amide bonds. The number of ether oxygens (including phenoxy) is 2. The molecule has 0 saturated heterocycles. The molecule has 2 aromatic carbocycles. The number of hydrogen-bond donors (Lipinski definition) is 1. The smallest absolute Gasteiger partial charge is 0.325 e. The maximum Gasteiger partial charge on any atom is 0.325 e. The molecule has 2 aromatic rings. The summed E-state index contributed by atoms with van der Waals surface area (Å²) in [5, 5.41) is 2.47. The quantitative estimate of drug-likeness (QED) is 0.417. The number of benzene rings is 2. The Morgan fingerprint density at radius 1 is 1.00 bits per heavy atom. The Balaban J connectivity index is 1.59. The molecule has 0 heterocycles. The van der Waals surface area contributed by atoms with Gasteiger partial charge in [-0.15, -0.1) is 0 Å². The van der Waals surface area contributed by atoms with Crippen molar-refractivity contribution in [1.82, 2.24) is 5.32 Å². The molecule has 0 aromatic heterocycles. The van der Waals surface area contributed by atoms with Crippen molar-refractivity contribution >= 4 is 33.9 Å². The summed E-state index contributed by atoms with van der Waals surface area (Å²) in [5.74, 6) is -0.175. The topological polar surface area (TPSA) is 64.6 Å². The number of halogens is 1. The van der Waals surface area contributed by atoms with Crippen molar-refractivity contribution in [2.75, 3.05) is 19.8 Å². The summed E-state index contributed by atoms with van der Waals surface area (Å²) in [7, 11) is 0. The predicted molar refractivity (Wildman–Crippen MR) is 99.1 cm³/mol. The highest BCUT2D eigenvalue weighted by Crippen LogP contribution is 2.15. The van der Waals surface area contributed by atoms with E-state index < -0.39 is 5.97 Å². The largest absolute Gasteiger partial charge is 0.490 e. The van der Waals surface area contributed by atoms with Crippen LogP contribution in [0.2, 0.25) is 0 Å². The van der Waals surface area contributed by atoms with Crippen LogP contribution in [0.5, 0.6) is 5.75 Å². The summed E-state index contributed by atoms with van der Waals surface area (Å²) in [6, 6.07) is 16.8. The fourth-order valence-electron chi connectivity index (χ4n) is 1.85. The van der Waals surface area contributed by atoms with Crippen LogP contribution in [0.15, 0.2) is 65.1 Å². The van der Waals surface area contributed by atoms with E-state index in [9.17, 15) is 9.59 Å². The number of esters is 1. The molecule has 130 valence electrons. The molecule has 0 unspecified atom stereocenters. The number of carbonyl (C=O) groups is 2. The Hall–Kier alpha value is -2.60. The summed E-state index contributed by atoms with van der Waals surface area (Å²) in [5.41, 5.74) is 0.908. The zero-order valence-electron chi connectivity index (χ0n) is 13.5. The molecule has 0 radical (unpaired) electrons. The van der Waals surface area contributed by atoms with E-state index in [2.05, 4.69) is 21.2 Å². The SMILES string of the molecule is O=C(/C=C/c1ccccc1)NCC(=O)OCCOc1ccc(Br)cc1. The van der Waals surface area contributed by atoms with Crippen LogP contribution < -0.4 is 10.1 Å². The van der Waals surface area contributed by atoms with Gasteiger partial charge in [-0.3, -0.25) is 9.59 Å². The summed E-state index contributed by atoms with van der Waals surface area (Å²) < 4.78 is 11.4. The van der Waals surface area contributed by atoms with Crippen LogP contribution in [0.25, 0.3) is 6.08 Å². The highest BCUT2D eigenvalue weighted by Gasteiger charge is 2.04. The monoisotopic (exact) mass is 403 g/mol. The molecule has 0 fully saturated rings. The van der Waals surface area contributed by atoms with E-state index in [0.717, 1.165) is 10.0 Å². The van der Waals surface area contributed by atoms with Crippen LogP contribution in [0, 0.1) is 0 Å². The van der Waals surface area contributed by atoms with Crippen molar-refractivity contribution in [3.63, 3.8) is 0 Å². The van der Waals surface area contributed by atoms with Crippen molar-refractivity contribution in [1.29, 1.82) is 0 Å². The number of hydrogen-bond acceptors (Lipinski definition) is 4. The first-order valence-electron chi connectivity index (χ1n) is 7.68. The zero-order chi connectivity index (χ0) is 17.9. The van der Waals surface area contributed by atoms with E-state index >= 15 is 0 Å². The predicted octanol–water partition coefficient (Wildman–Crippen LogP) is 3.20. The van der Waals surface area contributed by atoms with Gasteiger partial charge in [0.1, 0.15) is 25.5 Å². The summed E-state index contributed by atoms with van der Waals surface area (Å²) >= 11 is 3.34. The Morgan fingerprint density at radius 2 is 1.72 bits per heavy atom. The lowest BCUT2D eigenvalue weighted by Crippen LogP contribution is -2.30. The van der Waals surface area contributed by atoms with Gasteiger partial charge in [0.2, 0.25) is 5.91 Å². The minimum Gasteiger partial charge on any atom is -0.490 e. The number of amides is 1. The average Bonchev–Trinajstić information content (AvgIpc) is 2.64. The summed E-state index contributed by atoms with van der Waals surface area (Å²) in [6.07, 6.45) is 3.05. The van der Waals surface area contributed by atoms with Crippen molar-refractivity contribution in [3.8, 4) is 5.75 Å². The van der Waals surface area contributed by atoms with Gasteiger partial charge in [-0.2, -0.15) is 0 Å². The molecule has 25 heavy (non-hydrogen) atoms. The third kappa shape index (κ3) is 7.67. The maximum absolute atomic E-state index is 11.6. The molecule has 0 aliphatic rings. The molecule has 0 aliphatic carbocycles. The number of rotatable bonds is 8. The minimum absolute atomic E-state index is 0.116. The Morgan fingerprint density at radius 3 is 2.44 bits per heavy atom. The lowest BCUT2D eigenvalue weighted by Gasteiger charge is -2.07. The van der Waals surface area contributed by atoms with E-state index in [4.69, 9.17) is 9.47 Å². The number of nitrogens with one attached hydrogen (secondary N) is 1. The van der Waals surface area contributed by atoms with E-state index in [-0.39, 0.29) is 25.7 Å². The molecule has 5 nitrogen and oxygen atoms in total. The first-order valence-corrected chi connectivity index (χ1v) is 8.48. The van der Waals surface area contributed by atoms with Crippen molar-refractivity contribution in [3.05, 3.63) is 70.7 Å². The molecule has 1 N–H and O–H groups in total. The van der Waals surface area contributed by atoms with Gasteiger partial charge in [0, 0.05) is 10.5 Å². The van der Waals surface area contributed by atoms with Gasteiger partial charge in [0.15, 0.2) is 0 Å². The standard InChI is InChI=1S/C19H18BrNO4/c20-16-7-9-17(10-8-16)24-12-13-25-19(23)14-21-18(22)11-6-15-4-2-1-3-5-15/h1-11H,12-14H2,(H,21,22)/b11-6+. The first kappa shape index (κ1) is 18.7. The highest BCUT2D eigenvalue weighted by atomic mass is 79.9. The first-order chi connectivity index (χ1) is 12.1. The van der Waals surface area contributed by atoms with E-state index in [1.807, 2.05) is 54.6 Å². The normalized spacial score (nSPS) is 10.4. The van der Waals surface area contributed by atoms with Crippen LogP contribution in [0.1, 0.15) is 5.56 Å². The van der Waals surface area contributed by atoms with Crippen molar-refractivity contribution in [2.45, 2.75) is 0 Å². The third-order valence-electron chi connectivity index (χ3n) is 3.06. The second kappa shape index (κ2) is 10.3. The van der Waals surface area contributed by atoms with Crippen molar-refractivity contribution in [2.24, 2.45) is 0 Å². The second-order valence-electron chi connectivity index (χ2n) is 4.98.